The van der Waals surface area contributed by atoms with Crippen LogP contribution in [0.25, 0.3) is 0 Å². The van der Waals surface area contributed by atoms with E-state index in [-0.39, 0.29) is 6.61 Å². The number of nitrogens with one attached hydrogen (secondary N) is 1. The van der Waals surface area contributed by atoms with Crippen molar-refractivity contribution < 1.29 is 28.0 Å². The van der Waals surface area contributed by atoms with Gasteiger partial charge in [0.05, 0.1) is 17.6 Å². The van der Waals surface area contributed by atoms with E-state index in [1.165, 1.54) is 6.92 Å². The van der Waals surface area contributed by atoms with E-state index < -0.39 is 45.9 Å². The summed E-state index contributed by atoms with van der Waals surface area (Å²) in [6, 6.07) is -1.03. The van der Waals surface area contributed by atoms with Crippen molar-refractivity contribution in [2.75, 3.05) is 11.9 Å². The summed E-state index contributed by atoms with van der Waals surface area (Å²) in [5.41, 5.74) is 3.36. The fraction of sp³-hybridized carbons (Fsp3) is 0.273. The highest BCUT2D eigenvalue weighted by Crippen LogP contribution is 2.28. The molecule has 21 heavy (non-hydrogen) atoms. The maximum atomic E-state index is 13.5. The summed E-state index contributed by atoms with van der Waals surface area (Å²) in [4.78, 5) is 32.5. The van der Waals surface area contributed by atoms with Crippen LogP contribution >= 0.6 is 0 Å². The first-order valence-corrected chi connectivity index (χ1v) is 5.64. The molecule has 0 aliphatic rings. The van der Waals surface area contributed by atoms with Crippen molar-refractivity contribution >= 4 is 23.3 Å². The fourth-order valence-corrected chi connectivity index (χ4v) is 1.37. The average molecular weight is 303 g/mol. The Bertz CT molecular complexity index is 593. The lowest BCUT2D eigenvalue weighted by Gasteiger charge is -2.12. The Morgan fingerprint density at radius 2 is 2.10 bits per heavy atom. The van der Waals surface area contributed by atoms with E-state index in [1.54, 1.807) is 5.32 Å². The molecule has 0 bridgehead atoms. The van der Waals surface area contributed by atoms with Crippen molar-refractivity contribution in [2.45, 2.75) is 13.0 Å². The minimum Gasteiger partial charge on any atom is -0.464 e. The topological polar surface area (TPSA) is 125 Å². The van der Waals surface area contributed by atoms with Gasteiger partial charge < -0.3 is 15.8 Å². The molecule has 8 nitrogen and oxygen atoms in total. The van der Waals surface area contributed by atoms with Crippen LogP contribution in [0.5, 0.6) is 0 Å². The van der Waals surface area contributed by atoms with E-state index >= 15 is 0 Å². The summed E-state index contributed by atoms with van der Waals surface area (Å²) in [6.07, 6.45) is 0. The zero-order valence-electron chi connectivity index (χ0n) is 10.8. The lowest BCUT2D eigenvalue weighted by Crippen LogP contribution is -2.43. The molecule has 0 heterocycles. The molecule has 0 saturated carbocycles. The minimum absolute atomic E-state index is 0.0368. The maximum absolute atomic E-state index is 13.5. The van der Waals surface area contributed by atoms with Crippen molar-refractivity contribution in [3.8, 4) is 0 Å². The number of hydrogen-bond donors (Lipinski definition) is 2. The van der Waals surface area contributed by atoms with Gasteiger partial charge in [0.25, 0.3) is 11.6 Å². The summed E-state index contributed by atoms with van der Waals surface area (Å²) in [5.74, 6) is -4.86. The van der Waals surface area contributed by atoms with Crippen molar-refractivity contribution in [3.05, 3.63) is 33.9 Å². The van der Waals surface area contributed by atoms with E-state index in [9.17, 15) is 28.5 Å². The average Bonchev–Trinajstić information content (AvgIpc) is 2.40. The lowest BCUT2D eigenvalue weighted by molar-refractivity contribution is -0.384. The molecule has 1 unspecified atom stereocenters. The second-order valence-electron chi connectivity index (χ2n) is 3.76. The minimum atomic E-state index is -1.80. The van der Waals surface area contributed by atoms with E-state index in [4.69, 9.17) is 5.73 Å². The molecule has 0 saturated heterocycles. The number of ether oxygens (including phenoxy) is 1. The highest BCUT2D eigenvalue weighted by molar-refractivity contribution is 6.08. The third-order valence-electron chi connectivity index (χ3n) is 2.30. The Balaban J connectivity index is 3.05. The monoisotopic (exact) mass is 303 g/mol. The molecule has 114 valence electrons. The van der Waals surface area contributed by atoms with E-state index in [0.29, 0.717) is 12.1 Å². The zero-order chi connectivity index (χ0) is 16.2. The van der Waals surface area contributed by atoms with Gasteiger partial charge in [-0.1, -0.05) is 0 Å². The number of nitro groups is 1. The van der Waals surface area contributed by atoms with Gasteiger partial charge in [-0.3, -0.25) is 14.9 Å². The third kappa shape index (κ3) is 3.92. The molecule has 10 heteroatoms. The summed E-state index contributed by atoms with van der Waals surface area (Å²) in [6.45, 7) is 1.44. The standard InChI is InChI=1S/C11H11F2N3O5/c1-2-21-11(18)8(14)10(17)15-9-6(13)3-5(12)4-7(9)16(19)20/h3-4,8H,2,14H2,1H3,(H,15,17). The summed E-state index contributed by atoms with van der Waals surface area (Å²) in [5, 5.41) is 12.5. The van der Waals surface area contributed by atoms with Crippen LogP contribution in [-0.2, 0) is 14.3 Å². The second kappa shape index (κ2) is 6.70. The Morgan fingerprint density at radius 1 is 1.48 bits per heavy atom. The number of halogens is 2. The number of carbonyl (C=O) groups is 2. The third-order valence-corrected chi connectivity index (χ3v) is 2.30. The van der Waals surface area contributed by atoms with Gasteiger partial charge >= 0.3 is 5.97 Å². The SMILES string of the molecule is CCOC(=O)C(N)C(=O)Nc1c(F)cc(F)cc1[N+](=O)[O-]. The van der Waals surface area contributed by atoms with Crippen LogP contribution in [0.4, 0.5) is 20.2 Å². The largest absolute Gasteiger partial charge is 0.464 e. The molecular weight excluding hydrogens is 292 g/mol. The van der Waals surface area contributed by atoms with Gasteiger partial charge in [-0.25, -0.2) is 13.6 Å². The molecule has 1 rings (SSSR count). The van der Waals surface area contributed by atoms with Crippen LogP contribution in [0, 0.1) is 21.7 Å². The number of nitro benzene ring substituents is 1. The first kappa shape index (κ1) is 16.4. The number of nitrogens with two attached hydrogens (primary N) is 1. The van der Waals surface area contributed by atoms with Crippen LogP contribution < -0.4 is 11.1 Å². The molecule has 0 spiro atoms. The summed E-state index contributed by atoms with van der Waals surface area (Å²) < 4.78 is 30.9. The van der Waals surface area contributed by atoms with Crippen molar-refractivity contribution in [1.29, 1.82) is 0 Å². The van der Waals surface area contributed by atoms with E-state index in [0.717, 1.165) is 0 Å². The van der Waals surface area contributed by atoms with Gasteiger partial charge in [0.15, 0.2) is 17.5 Å². The molecule has 0 aromatic heterocycles. The highest BCUT2D eigenvalue weighted by atomic mass is 19.1. The van der Waals surface area contributed by atoms with Gasteiger partial charge in [-0.15, -0.1) is 0 Å². The van der Waals surface area contributed by atoms with E-state index in [1.807, 2.05) is 0 Å². The zero-order valence-corrected chi connectivity index (χ0v) is 10.8. The van der Waals surface area contributed by atoms with Crippen LogP contribution in [0.2, 0.25) is 0 Å². The molecular formula is C11H11F2N3O5. The lowest BCUT2D eigenvalue weighted by atomic mass is 10.2. The van der Waals surface area contributed by atoms with Gasteiger partial charge in [0.2, 0.25) is 0 Å². The first-order valence-electron chi connectivity index (χ1n) is 5.64. The molecule has 0 radical (unpaired) electrons. The number of benzene rings is 1. The molecule has 0 aliphatic carbocycles. The molecule has 0 aliphatic heterocycles. The number of nitrogens with zero attached hydrogens (tertiary/aromatic N) is 1. The molecule has 3 N–H and O–H groups in total. The van der Waals surface area contributed by atoms with Gasteiger partial charge in [0.1, 0.15) is 5.82 Å². The predicted octanol–water partition coefficient (Wildman–Crippen LogP) is 0.702. The number of carbonyl (C=O) groups excluding carboxylic acids is 2. The molecule has 0 fully saturated rings. The fourth-order valence-electron chi connectivity index (χ4n) is 1.37. The first-order chi connectivity index (χ1) is 9.77. The van der Waals surface area contributed by atoms with Crippen LogP contribution in [0.3, 0.4) is 0 Å². The molecule has 1 atom stereocenters. The van der Waals surface area contributed by atoms with Gasteiger partial charge in [0, 0.05) is 6.07 Å². The summed E-state index contributed by atoms with van der Waals surface area (Å²) in [7, 11) is 0. The highest BCUT2D eigenvalue weighted by Gasteiger charge is 2.28. The van der Waals surface area contributed by atoms with Crippen molar-refractivity contribution in [3.63, 3.8) is 0 Å². The van der Waals surface area contributed by atoms with Crippen LogP contribution in [0.15, 0.2) is 12.1 Å². The van der Waals surface area contributed by atoms with Gasteiger partial charge in [-0.2, -0.15) is 0 Å². The molecule has 1 aromatic carbocycles. The number of anilines is 1. The van der Waals surface area contributed by atoms with E-state index in [2.05, 4.69) is 4.74 Å². The quantitative estimate of drug-likeness (QED) is 0.357. The number of rotatable bonds is 5. The predicted molar refractivity (Wildman–Crippen MR) is 66.3 cm³/mol. The Morgan fingerprint density at radius 3 is 2.62 bits per heavy atom. The Kier molecular flexibility index (Phi) is 5.24. The van der Waals surface area contributed by atoms with Crippen LogP contribution in [-0.4, -0.2) is 29.4 Å². The Labute approximate surface area is 117 Å². The van der Waals surface area contributed by atoms with Gasteiger partial charge in [-0.05, 0) is 6.92 Å². The van der Waals surface area contributed by atoms with Crippen molar-refractivity contribution in [1.82, 2.24) is 0 Å². The number of amides is 1. The second-order valence-corrected chi connectivity index (χ2v) is 3.76. The smallest absolute Gasteiger partial charge is 0.332 e. The molecule has 1 amide bonds. The molecule has 1 aromatic rings. The Hall–Kier alpha value is -2.62. The maximum Gasteiger partial charge on any atom is 0.332 e. The van der Waals surface area contributed by atoms with Crippen molar-refractivity contribution in [2.24, 2.45) is 5.73 Å². The van der Waals surface area contributed by atoms with Crippen LogP contribution in [0.1, 0.15) is 6.92 Å². The normalized spacial score (nSPS) is 11.6. The number of hydrogen-bond acceptors (Lipinski definition) is 6. The summed E-state index contributed by atoms with van der Waals surface area (Å²) >= 11 is 0. The number of esters is 1.